The number of hydrogen-bond donors (Lipinski definition) is 0. The highest BCUT2D eigenvalue weighted by molar-refractivity contribution is 6.10. The summed E-state index contributed by atoms with van der Waals surface area (Å²) < 4.78 is 0. The van der Waals surface area contributed by atoms with Crippen molar-refractivity contribution in [2.24, 2.45) is 5.92 Å². The zero-order valence-corrected chi connectivity index (χ0v) is 8.06. The van der Waals surface area contributed by atoms with Gasteiger partial charge >= 0.3 is 0 Å². The predicted molar refractivity (Wildman–Crippen MR) is 53.0 cm³/mol. The minimum Gasteiger partial charge on any atom is -0.0892 e. The van der Waals surface area contributed by atoms with Crippen LogP contribution in [0.2, 0.25) is 6.32 Å². The van der Waals surface area contributed by atoms with Crippen LogP contribution in [-0.2, 0) is 0 Å². The summed E-state index contributed by atoms with van der Waals surface area (Å²) in [5.41, 5.74) is 1.39. The van der Waals surface area contributed by atoms with E-state index >= 15 is 0 Å². The molecular formula is C10H19B. The molecule has 1 atom stereocenters. The van der Waals surface area contributed by atoms with Gasteiger partial charge in [-0.1, -0.05) is 38.2 Å². The standard InChI is InChI=1S/C10H19B/c1-4-9(3)6-7-10(5-2)8-11/h5,9H,4,6-8H2,1-3H3/b10-5-. The Bertz CT molecular complexity index is 116. The average molecular weight is 150 g/mol. The first-order chi connectivity index (χ1) is 5.24. The van der Waals surface area contributed by atoms with Gasteiger partial charge < -0.3 is 0 Å². The summed E-state index contributed by atoms with van der Waals surface area (Å²) in [6.45, 7) is 6.60. The predicted octanol–water partition coefficient (Wildman–Crippen LogP) is 3.35. The fourth-order valence-corrected chi connectivity index (χ4v) is 1.00. The molecule has 11 heavy (non-hydrogen) atoms. The van der Waals surface area contributed by atoms with Gasteiger partial charge in [-0.25, -0.2) is 0 Å². The summed E-state index contributed by atoms with van der Waals surface area (Å²) in [6, 6.07) is 0. The van der Waals surface area contributed by atoms with Gasteiger partial charge in [0.25, 0.3) is 0 Å². The van der Waals surface area contributed by atoms with Crippen LogP contribution in [-0.4, -0.2) is 7.85 Å². The van der Waals surface area contributed by atoms with Gasteiger partial charge in [-0.2, -0.15) is 0 Å². The molecule has 0 heterocycles. The summed E-state index contributed by atoms with van der Waals surface area (Å²) in [5.74, 6) is 0.844. The zero-order valence-electron chi connectivity index (χ0n) is 8.06. The second kappa shape index (κ2) is 6.51. The first kappa shape index (κ1) is 10.8. The van der Waals surface area contributed by atoms with Crippen LogP contribution in [0.5, 0.6) is 0 Å². The van der Waals surface area contributed by atoms with Crippen molar-refractivity contribution in [3.63, 3.8) is 0 Å². The molecule has 0 nitrogen and oxygen atoms in total. The van der Waals surface area contributed by atoms with E-state index in [0.717, 1.165) is 12.2 Å². The fourth-order valence-electron chi connectivity index (χ4n) is 1.00. The molecule has 62 valence electrons. The second-order valence-corrected chi connectivity index (χ2v) is 3.20. The van der Waals surface area contributed by atoms with E-state index in [1.807, 2.05) is 0 Å². The minimum absolute atomic E-state index is 0.729. The Morgan fingerprint density at radius 3 is 2.55 bits per heavy atom. The molecule has 0 bridgehead atoms. The molecule has 0 aromatic carbocycles. The smallest absolute Gasteiger partial charge is 0.0712 e. The highest BCUT2D eigenvalue weighted by atomic mass is 14.0. The first-order valence-corrected chi connectivity index (χ1v) is 4.58. The molecule has 0 amide bonds. The SMILES string of the molecule is [B]C/C(=C\C)CCC(C)CC. The third-order valence-corrected chi connectivity index (χ3v) is 2.33. The normalized spacial score (nSPS) is 15.0. The van der Waals surface area contributed by atoms with E-state index in [1.54, 1.807) is 0 Å². The van der Waals surface area contributed by atoms with Crippen LogP contribution in [0.1, 0.15) is 40.0 Å². The maximum absolute atomic E-state index is 5.54. The molecule has 1 heteroatoms. The van der Waals surface area contributed by atoms with Gasteiger partial charge in [-0.3, -0.25) is 0 Å². The third kappa shape index (κ3) is 5.12. The minimum atomic E-state index is 0.729. The van der Waals surface area contributed by atoms with Crippen LogP contribution in [0.4, 0.5) is 0 Å². The fraction of sp³-hybridized carbons (Fsp3) is 0.800. The summed E-state index contributed by atoms with van der Waals surface area (Å²) in [4.78, 5) is 0. The van der Waals surface area contributed by atoms with Crippen molar-refractivity contribution in [2.45, 2.75) is 46.4 Å². The Labute approximate surface area is 72.5 Å². The molecule has 0 aromatic heterocycles. The summed E-state index contributed by atoms with van der Waals surface area (Å²) in [7, 11) is 5.54. The molecule has 2 radical (unpaired) electrons. The molecule has 0 rings (SSSR count). The Hall–Kier alpha value is -0.195. The van der Waals surface area contributed by atoms with Crippen molar-refractivity contribution in [1.29, 1.82) is 0 Å². The lowest BCUT2D eigenvalue weighted by Crippen LogP contribution is -1.93. The molecule has 0 saturated heterocycles. The van der Waals surface area contributed by atoms with Crippen molar-refractivity contribution < 1.29 is 0 Å². The highest BCUT2D eigenvalue weighted by Gasteiger charge is 1.99. The first-order valence-electron chi connectivity index (χ1n) is 4.58. The second-order valence-electron chi connectivity index (χ2n) is 3.20. The van der Waals surface area contributed by atoms with Crippen LogP contribution < -0.4 is 0 Å². The van der Waals surface area contributed by atoms with Gasteiger partial charge in [0, 0.05) is 0 Å². The Morgan fingerprint density at radius 1 is 1.55 bits per heavy atom. The molecule has 1 unspecified atom stereocenters. The van der Waals surface area contributed by atoms with E-state index in [9.17, 15) is 0 Å². The molecule has 0 spiro atoms. The highest BCUT2D eigenvalue weighted by Crippen LogP contribution is 2.15. The lowest BCUT2D eigenvalue weighted by Gasteiger charge is -2.09. The van der Waals surface area contributed by atoms with Gasteiger partial charge in [0.15, 0.2) is 0 Å². The van der Waals surface area contributed by atoms with Gasteiger partial charge in [-0.05, 0) is 25.7 Å². The Balaban J connectivity index is 3.51. The molecule has 0 aliphatic heterocycles. The summed E-state index contributed by atoms with van der Waals surface area (Å²) >= 11 is 0. The molecule has 0 saturated carbocycles. The van der Waals surface area contributed by atoms with Crippen LogP contribution in [0.15, 0.2) is 11.6 Å². The molecular weight excluding hydrogens is 131 g/mol. The van der Waals surface area contributed by atoms with Crippen LogP contribution in [0.25, 0.3) is 0 Å². The van der Waals surface area contributed by atoms with E-state index in [-0.39, 0.29) is 0 Å². The number of allylic oxidation sites excluding steroid dienone is 2. The van der Waals surface area contributed by atoms with Crippen molar-refractivity contribution in [2.75, 3.05) is 0 Å². The van der Waals surface area contributed by atoms with Crippen LogP contribution in [0, 0.1) is 5.92 Å². The Kier molecular flexibility index (Phi) is 6.40. The lowest BCUT2D eigenvalue weighted by atomic mass is 9.90. The van der Waals surface area contributed by atoms with Crippen LogP contribution >= 0.6 is 0 Å². The maximum atomic E-state index is 5.54. The van der Waals surface area contributed by atoms with E-state index < -0.39 is 0 Å². The van der Waals surface area contributed by atoms with E-state index in [1.165, 1.54) is 24.8 Å². The molecule has 0 aromatic rings. The topological polar surface area (TPSA) is 0 Å². The van der Waals surface area contributed by atoms with E-state index in [0.29, 0.717) is 0 Å². The molecule has 0 aliphatic rings. The quantitative estimate of drug-likeness (QED) is 0.416. The number of hydrogen-bond acceptors (Lipinski definition) is 0. The maximum Gasteiger partial charge on any atom is 0.0712 e. The van der Waals surface area contributed by atoms with Crippen molar-refractivity contribution >= 4 is 7.85 Å². The zero-order chi connectivity index (χ0) is 8.69. The van der Waals surface area contributed by atoms with E-state index in [4.69, 9.17) is 7.85 Å². The average Bonchev–Trinajstić information content (AvgIpc) is 2.06. The van der Waals surface area contributed by atoms with Crippen molar-refractivity contribution in [3.8, 4) is 0 Å². The van der Waals surface area contributed by atoms with Gasteiger partial charge in [0.05, 0.1) is 7.85 Å². The number of rotatable bonds is 5. The monoisotopic (exact) mass is 150 g/mol. The third-order valence-electron chi connectivity index (χ3n) is 2.33. The van der Waals surface area contributed by atoms with Crippen LogP contribution in [0.3, 0.4) is 0 Å². The molecule has 0 aliphatic carbocycles. The largest absolute Gasteiger partial charge is 0.0892 e. The molecule has 0 fully saturated rings. The van der Waals surface area contributed by atoms with Crippen molar-refractivity contribution in [1.82, 2.24) is 0 Å². The van der Waals surface area contributed by atoms with Gasteiger partial charge in [0.2, 0.25) is 0 Å². The van der Waals surface area contributed by atoms with E-state index in [2.05, 4.69) is 26.8 Å². The summed E-state index contributed by atoms with van der Waals surface area (Å²) in [6.07, 6.45) is 6.62. The van der Waals surface area contributed by atoms with Crippen molar-refractivity contribution in [3.05, 3.63) is 11.6 Å². The van der Waals surface area contributed by atoms with Gasteiger partial charge in [-0.15, -0.1) is 0 Å². The van der Waals surface area contributed by atoms with Gasteiger partial charge in [0.1, 0.15) is 0 Å². The summed E-state index contributed by atoms with van der Waals surface area (Å²) in [5, 5.41) is 0. The Morgan fingerprint density at radius 2 is 2.18 bits per heavy atom. The molecule has 0 N–H and O–H groups in total. The lowest BCUT2D eigenvalue weighted by molar-refractivity contribution is 0.515.